The average Bonchev–Trinajstić information content (AvgIpc) is 2.80. The van der Waals surface area contributed by atoms with Gasteiger partial charge in [-0.1, -0.05) is 0 Å². The minimum atomic E-state index is -0.513. The monoisotopic (exact) mass is 306 g/mol. The number of ketones is 2. The zero-order valence-electron chi connectivity index (χ0n) is 13.6. The molecule has 22 heavy (non-hydrogen) atoms. The van der Waals surface area contributed by atoms with Crippen LogP contribution in [-0.2, 0) is 19.1 Å². The summed E-state index contributed by atoms with van der Waals surface area (Å²) in [6, 6.07) is 0. The number of carbonyl (C=O) groups excluding carboxylic acids is 2. The van der Waals surface area contributed by atoms with Crippen LogP contribution in [0.2, 0.25) is 0 Å². The molecule has 0 amide bonds. The molecule has 122 valence electrons. The first-order valence-corrected chi connectivity index (χ1v) is 8.76. The molecule has 4 nitrogen and oxygen atoms in total. The van der Waals surface area contributed by atoms with Gasteiger partial charge in [0.15, 0.2) is 5.79 Å². The van der Waals surface area contributed by atoms with Gasteiger partial charge in [-0.25, -0.2) is 0 Å². The average molecular weight is 306 g/mol. The Bertz CT molecular complexity index is 491. The van der Waals surface area contributed by atoms with Crippen molar-refractivity contribution in [2.24, 2.45) is 23.2 Å². The molecular weight excluding hydrogens is 280 g/mol. The van der Waals surface area contributed by atoms with Gasteiger partial charge < -0.3 is 9.47 Å². The van der Waals surface area contributed by atoms with Crippen LogP contribution in [0.1, 0.15) is 58.8 Å². The van der Waals surface area contributed by atoms with E-state index in [1.165, 1.54) is 0 Å². The molecular formula is C18H26O4. The molecule has 1 aliphatic heterocycles. The largest absolute Gasteiger partial charge is 0.348 e. The molecule has 1 heterocycles. The second-order valence-electron chi connectivity index (χ2n) is 8.44. The van der Waals surface area contributed by atoms with Gasteiger partial charge in [0, 0.05) is 23.7 Å². The van der Waals surface area contributed by atoms with E-state index in [1.54, 1.807) is 0 Å². The van der Waals surface area contributed by atoms with E-state index >= 15 is 0 Å². The van der Waals surface area contributed by atoms with Crippen molar-refractivity contribution in [2.75, 3.05) is 6.61 Å². The van der Waals surface area contributed by atoms with E-state index in [1.807, 2.05) is 13.8 Å². The van der Waals surface area contributed by atoms with Gasteiger partial charge in [-0.05, 0) is 58.3 Å². The highest BCUT2D eigenvalue weighted by Gasteiger charge is 2.57. The quantitative estimate of drug-likeness (QED) is 0.801. The maximum atomic E-state index is 12.9. The summed E-state index contributed by atoms with van der Waals surface area (Å²) in [4.78, 5) is 25.1. The second-order valence-corrected chi connectivity index (χ2v) is 8.44. The first-order chi connectivity index (χ1) is 10.4. The summed E-state index contributed by atoms with van der Waals surface area (Å²) in [6.45, 7) is 4.42. The number of Topliss-reactive ketones (excluding diaryl/α,β-unsaturated/α-hetero) is 2. The van der Waals surface area contributed by atoms with E-state index in [0.717, 1.165) is 38.5 Å². The van der Waals surface area contributed by atoms with Crippen molar-refractivity contribution in [1.29, 1.82) is 0 Å². The van der Waals surface area contributed by atoms with Gasteiger partial charge in [-0.2, -0.15) is 0 Å². The fraction of sp³-hybridized carbons (Fsp3) is 0.889. The SMILES string of the molecule is CC1(C)OCC(CCC(=O)C23CC4CC(C2)C(=O)C(C4)C3)O1. The number of carbonyl (C=O) groups is 2. The summed E-state index contributed by atoms with van der Waals surface area (Å²) < 4.78 is 11.4. The molecule has 3 atom stereocenters. The number of ether oxygens (including phenoxy) is 2. The highest BCUT2D eigenvalue weighted by atomic mass is 16.7. The van der Waals surface area contributed by atoms with Crippen molar-refractivity contribution >= 4 is 11.6 Å². The molecule has 5 aliphatic rings. The predicted octanol–water partition coefficient (Wildman–Crippen LogP) is 2.88. The molecule has 4 heteroatoms. The highest BCUT2D eigenvalue weighted by molar-refractivity contribution is 5.92. The standard InChI is InChI=1S/C18H26O4/c1-17(2)21-10-14(22-17)3-4-15(19)18-7-11-5-12(8-18)16(20)13(6-11)9-18/h11-14H,3-10H2,1-2H3. The van der Waals surface area contributed by atoms with Gasteiger partial charge in [0.1, 0.15) is 11.6 Å². The maximum Gasteiger partial charge on any atom is 0.163 e. The number of hydrogen-bond acceptors (Lipinski definition) is 4. The molecule has 0 spiro atoms. The third-order valence-corrected chi connectivity index (χ3v) is 6.35. The number of rotatable bonds is 4. The molecule has 3 unspecified atom stereocenters. The Hall–Kier alpha value is -0.740. The van der Waals surface area contributed by atoms with E-state index in [9.17, 15) is 9.59 Å². The van der Waals surface area contributed by atoms with Crippen LogP contribution >= 0.6 is 0 Å². The molecule has 0 N–H and O–H groups in total. The Morgan fingerprint density at radius 2 is 1.86 bits per heavy atom. The minimum Gasteiger partial charge on any atom is -0.348 e. The van der Waals surface area contributed by atoms with Crippen LogP contribution in [0.5, 0.6) is 0 Å². The highest BCUT2D eigenvalue weighted by Crippen LogP contribution is 2.59. The minimum absolute atomic E-state index is 0.0366. The van der Waals surface area contributed by atoms with Gasteiger partial charge in [-0.3, -0.25) is 9.59 Å². The molecule has 5 rings (SSSR count). The first-order valence-electron chi connectivity index (χ1n) is 8.76. The summed E-state index contributed by atoms with van der Waals surface area (Å²) in [6.07, 6.45) is 6.11. The van der Waals surface area contributed by atoms with Crippen LogP contribution < -0.4 is 0 Å². The van der Waals surface area contributed by atoms with Crippen LogP contribution in [0.4, 0.5) is 0 Å². The Morgan fingerprint density at radius 3 is 2.45 bits per heavy atom. The molecule has 4 bridgehead atoms. The van der Waals surface area contributed by atoms with Crippen molar-refractivity contribution in [3.8, 4) is 0 Å². The van der Waals surface area contributed by atoms with Crippen molar-refractivity contribution < 1.29 is 19.1 Å². The van der Waals surface area contributed by atoms with Gasteiger partial charge >= 0.3 is 0 Å². The van der Waals surface area contributed by atoms with Crippen LogP contribution in [0, 0.1) is 23.2 Å². The molecule has 0 aromatic heterocycles. The predicted molar refractivity (Wildman–Crippen MR) is 80.1 cm³/mol. The Balaban J connectivity index is 1.40. The summed E-state index contributed by atoms with van der Waals surface area (Å²) >= 11 is 0. The normalized spacial score (nSPS) is 45.5. The Morgan fingerprint density at radius 1 is 1.18 bits per heavy atom. The lowest BCUT2D eigenvalue weighted by molar-refractivity contribution is -0.157. The summed E-state index contributed by atoms with van der Waals surface area (Å²) in [7, 11) is 0. The van der Waals surface area contributed by atoms with Crippen molar-refractivity contribution in [2.45, 2.75) is 70.7 Å². The first kappa shape index (κ1) is 14.8. The molecule has 4 aliphatic carbocycles. The van der Waals surface area contributed by atoms with Gasteiger partial charge in [0.05, 0.1) is 12.7 Å². The van der Waals surface area contributed by atoms with Crippen molar-refractivity contribution in [3.63, 3.8) is 0 Å². The smallest absolute Gasteiger partial charge is 0.163 e. The fourth-order valence-corrected chi connectivity index (χ4v) is 5.55. The van der Waals surface area contributed by atoms with Crippen molar-refractivity contribution in [1.82, 2.24) is 0 Å². The van der Waals surface area contributed by atoms with E-state index < -0.39 is 5.79 Å². The van der Waals surface area contributed by atoms with Crippen LogP contribution in [-0.4, -0.2) is 30.1 Å². The van der Waals surface area contributed by atoms with Gasteiger partial charge in [0.2, 0.25) is 0 Å². The van der Waals surface area contributed by atoms with Crippen LogP contribution in [0.25, 0.3) is 0 Å². The van der Waals surface area contributed by atoms with Crippen LogP contribution in [0.15, 0.2) is 0 Å². The Kier molecular flexibility index (Phi) is 3.29. The molecule has 0 aromatic rings. The molecule has 1 saturated heterocycles. The third-order valence-electron chi connectivity index (χ3n) is 6.35. The van der Waals surface area contributed by atoms with E-state index in [0.29, 0.717) is 30.5 Å². The van der Waals surface area contributed by atoms with Crippen molar-refractivity contribution in [3.05, 3.63) is 0 Å². The van der Waals surface area contributed by atoms with Crippen LogP contribution in [0.3, 0.4) is 0 Å². The van der Waals surface area contributed by atoms with E-state index in [4.69, 9.17) is 9.47 Å². The van der Waals surface area contributed by atoms with E-state index in [2.05, 4.69) is 0 Å². The third kappa shape index (κ3) is 2.35. The Labute approximate surface area is 131 Å². The maximum absolute atomic E-state index is 12.9. The lowest BCUT2D eigenvalue weighted by atomic mass is 9.48. The second kappa shape index (κ2) is 4.88. The lowest BCUT2D eigenvalue weighted by Crippen LogP contribution is -2.54. The topological polar surface area (TPSA) is 52.6 Å². The molecule has 5 fully saturated rings. The summed E-state index contributed by atoms with van der Waals surface area (Å²) in [5.41, 5.74) is -0.181. The molecule has 4 saturated carbocycles. The fourth-order valence-electron chi connectivity index (χ4n) is 5.55. The van der Waals surface area contributed by atoms with Gasteiger partial charge in [0.25, 0.3) is 0 Å². The summed E-state index contributed by atoms with van der Waals surface area (Å²) in [5, 5.41) is 0. The summed E-state index contributed by atoms with van der Waals surface area (Å²) in [5.74, 6) is 1.30. The van der Waals surface area contributed by atoms with E-state index in [-0.39, 0.29) is 23.4 Å². The lowest BCUT2D eigenvalue weighted by Gasteiger charge is -2.54. The zero-order valence-corrected chi connectivity index (χ0v) is 13.6. The number of hydrogen-bond donors (Lipinski definition) is 0. The zero-order chi connectivity index (χ0) is 15.5. The van der Waals surface area contributed by atoms with Gasteiger partial charge in [-0.15, -0.1) is 0 Å². The molecule has 0 aromatic carbocycles. The molecule has 0 radical (unpaired) electrons.